The van der Waals surface area contributed by atoms with Gasteiger partial charge in [0.25, 0.3) is 0 Å². The lowest BCUT2D eigenvalue weighted by atomic mass is 9.98. The van der Waals surface area contributed by atoms with Crippen molar-refractivity contribution in [1.29, 1.82) is 0 Å². The zero-order valence-electron chi connectivity index (χ0n) is 18.3. The molecular weight excluding hydrogens is 474 g/mol. The third kappa shape index (κ3) is 5.05. The highest BCUT2D eigenvalue weighted by atomic mass is 32.3. The van der Waals surface area contributed by atoms with Crippen molar-refractivity contribution in [1.82, 2.24) is 9.97 Å². The molecule has 11 heteroatoms. The molecule has 0 bridgehead atoms. The van der Waals surface area contributed by atoms with Crippen LogP contribution in [0.25, 0.3) is 11.1 Å². The van der Waals surface area contributed by atoms with Crippen molar-refractivity contribution < 1.29 is 17.3 Å². The van der Waals surface area contributed by atoms with Crippen molar-refractivity contribution >= 4 is 38.9 Å². The highest BCUT2D eigenvalue weighted by Gasteiger charge is 2.24. The molecule has 4 rings (SSSR count). The number of hydrogen-bond acceptors (Lipinski definition) is 10. The van der Waals surface area contributed by atoms with Gasteiger partial charge in [0.1, 0.15) is 11.6 Å². The van der Waals surface area contributed by atoms with Crippen LogP contribution in [0.15, 0.2) is 64.3 Å². The monoisotopic (exact) mass is 497 g/mol. The van der Waals surface area contributed by atoms with Gasteiger partial charge in [0, 0.05) is 23.9 Å². The summed E-state index contributed by atoms with van der Waals surface area (Å²) in [5.74, 6) is 0.852. The van der Waals surface area contributed by atoms with Crippen LogP contribution in [0.3, 0.4) is 0 Å². The van der Waals surface area contributed by atoms with Gasteiger partial charge >= 0.3 is 10.1 Å². The van der Waals surface area contributed by atoms with Crippen molar-refractivity contribution in [3.63, 3.8) is 0 Å². The molecule has 2 heterocycles. The van der Waals surface area contributed by atoms with Crippen molar-refractivity contribution in [3.05, 3.63) is 71.2 Å². The third-order valence-corrected chi connectivity index (χ3v) is 7.44. The Hall–Kier alpha value is -3.83. The Kier molecular flexibility index (Phi) is 6.57. The summed E-state index contributed by atoms with van der Waals surface area (Å²) >= 11 is 1.07. The molecule has 4 aromatic rings. The average molecular weight is 498 g/mol. The number of ether oxygens (including phenoxy) is 1. The van der Waals surface area contributed by atoms with Crippen LogP contribution in [0.4, 0.5) is 17.5 Å². The predicted molar refractivity (Wildman–Crippen MR) is 133 cm³/mol. The normalized spacial score (nSPS) is 11.3. The molecule has 2 aromatic carbocycles. The summed E-state index contributed by atoms with van der Waals surface area (Å²) < 4.78 is 37.7. The van der Waals surface area contributed by atoms with E-state index in [4.69, 9.17) is 26.1 Å². The van der Waals surface area contributed by atoms with Crippen LogP contribution in [0.2, 0.25) is 0 Å². The first-order chi connectivity index (χ1) is 16.3. The lowest BCUT2D eigenvalue weighted by Crippen LogP contribution is -2.10. The number of rotatable bonds is 8. The van der Waals surface area contributed by atoms with Gasteiger partial charge in [-0.3, -0.25) is 0 Å². The van der Waals surface area contributed by atoms with Crippen molar-refractivity contribution in [2.24, 2.45) is 0 Å². The second-order valence-corrected chi connectivity index (χ2v) is 10.0. The van der Waals surface area contributed by atoms with Gasteiger partial charge in [-0.1, -0.05) is 18.2 Å². The van der Waals surface area contributed by atoms with Crippen LogP contribution in [-0.2, 0) is 16.5 Å². The number of anilines is 3. The lowest BCUT2D eigenvalue weighted by Gasteiger charge is -2.18. The highest BCUT2D eigenvalue weighted by Crippen LogP contribution is 2.42. The van der Waals surface area contributed by atoms with E-state index in [1.165, 1.54) is 12.3 Å². The first-order valence-electron chi connectivity index (χ1n) is 10.3. The van der Waals surface area contributed by atoms with Crippen LogP contribution >= 0.6 is 11.3 Å². The second-order valence-electron chi connectivity index (χ2n) is 7.31. The van der Waals surface area contributed by atoms with E-state index in [0.717, 1.165) is 11.3 Å². The molecule has 0 fully saturated rings. The van der Waals surface area contributed by atoms with Gasteiger partial charge in [0.15, 0.2) is 9.96 Å². The minimum absolute atomic E-state index is 0.0688. The lowest BCUT2D eigenvalue weighted by molar-refractivity contribution is 0.340. The third-order valence-electron chi connectivity index (χ3n) is 4.85. The molecule has 0 saturated carbocycles. The number of nitrogens with zero attached hydrogens (tertiary/aromatic N) is 2. The Morgan fingerprint density at radius 2 is 1.82 bits per heavy atom. The number of benzene rings is 2. The van der Waals surface area contributed by atoms with Crippen LogP contribution in [0.1, 0.15) is 18.1 Å². The van der Waals surface area contributed by atoms with E-state index in [2.05, 4.69) is 9.97 Å². The summed E-state index contributed by atoms with van der Waals surface area (Å²) in [4.78, 5) is 7.99. The molecule has 0 spiro atoms. The molecule has 0 aliphatic carbocycles. The molecule has 0 saturated heterocycles. The van der Waals surface area contributed by atoms with Gasteiger partial charge in [0.2, 0.25) is 5.95 Å². The van der Waals surface area contributed by atoms with E-state index in [1.807, 2.05) is 19.1 Å². The minimum Gasteiger partial charge on any atom is -0.493 e. The van der Waals surface area contributed by atoms with Gasteiger partial charge in [-0.15, -0.1) is 11.3 Å². The molecule has 0 aliphatic rings. The molecule has 0 radical (unpaired) electrons. The molecule has 0 amide bonds. The molecule has 34 heavy (non-hydrogen) atoms. The van der Waals surface area contributed by atoms with E-state index < -0.39 is 10.1 Å². The maximum absolute atomic E-state index is 13.0. The quantitative estimate of drug-likeness (QED) is 0.244. The maximum atomic E-state index is 13.0. The van der Waals surface area contributed by atoms with Gasteiger partial charge in [-0.05, 0) is 53.8 Å². The van der Waals surface area contributed by atoms with Gasteiger partial charge in [-0.25, -0.2) is 4.98 Å². The molecule has 176 valence electrons. The standard InChI is InChI=1S/C23H23N5O4S2/c1-2-31-18-10-14(9-16-13-27-23(26)28-22(16)25)11-19(21(18)15-5-3-6-17(24)12-15)32-34(29,30)20-7-4-8-33-20/h3-8,10-13H,2,9,24H2,1H3,(H4,25,26,27,28). The topological polar surface area (TPSA) is 156 Å². The smallest absolute Gasteiger partial charge is 0.348 e. The molecule has 0 aliphatic heterocycles. The van der Waals surface area contributed by atoms with Crippen LogP contribution in [-0.4, -0.2) is 25.0 Å². The number of aromatic nitrogens is 2. The number of nitrogens with two attached hydrogens (primary N) is 3. The molecule has 0 atom stereocenters. The van der Waals surface area contributed by atoms with E-state index in [0.29, 0.717) is 46.7 Å². The molecule has 0 unspecified atom stereocenters. The molecule has 2 aromatic heterocycles. The molecular formula is C23H23N5O4S2. The Balaban J connectivity index is 1.88. The Morgan fingerprint density at radius 1 is 1.03 bits per heavy atom. The first kappa shape index (κ1) is 23.3. The zero-order valence-corrected chi connectivity index (χ0v) is 19.9. The summed E-state index contributed by atoms with van der Waals surface area (Å²) in [5.41, 5.74) is 20.6. The summed E-state index contributed by atoms with van der Waals surface area (Å²) in [6, 6.07) is 13.6. The summed E-state index contributed by atoms with van der Waals surface area (Å²) in [6.07, 6.45) is 1.84. The molecule has 9 nitrogen and oxygen atoms in total. The fraction of sp³-hybridized carbons (Fsp3) is 0.130. The summed E-state index contributed by atoms with van der Waals surface area (Å²) in [7, 11) is -4.08. The fourth-order valence-electron chi connectivity index (χ4n) is 3.42. The zero-order chi connectivity index (χ0) is 24.3. The predicted octanol–water partition coefficient (Wildman–Crippen LogP) is 3.71. The van der Waals surface area contributed by atoms with E-state index in [-0.39, 0.29) is 21.7 Å². The van der Waals surface area contributed by atoms with Crippen molar-refractivity contribution in [2.75, 3.05) is 23.8 Å². The highest BCUT2D eigenvalue weighted by molar-refractivity contribution is 7.89. The Labute approximate surface area is 201 Å². The van der Waals surface area contributed by atoms with E-state index >= 15 is 0 Å². The van der Waals surface area contributed by atoms with Gasteiger partial charge in [0.05, 0.1) is 12.2 Å². The Bertz CT molecular complexity index is 1420. The van der Waals surface area contributed by atoms with Gasteiger partial charge < -0.3 is 26.1 Å². The van der Waals surface area contributed by atoms with E-state index in [1.54, 1.807) is 35.7 Å². The Morgan fingerprint density at radius 3 is 2.50 bits per heavy atom. The molecule has 6 N–H and O–H groups in total. The van der Waals surface area contributed by atoms with Crippen molar-refractivity contribution in [3.8, 4) is 22.6 Å². The SMILES string of the molecule is CCOc1cc(Cc2cnc(N)nc2N)cc(OS(=O)(=O)c2cccs2)c1-c1cccc(N)c1. The second kappa shape index (κ2) is 9.57. The number of hydrogen-bond donors (Lipinski definition) is 3. The number of nitrogen functional groups attached to an aromatic ring is 3. The largest absolute Gasteiger partial charge is 0.493 e. The summed E-state index contributed by atoms with van der Waals surface area (Å²) in [5, 5.41) is 1.67. The fourth-order valence-corrected chi connectivity index (χ4v) is 5.30. The number of thiophene rings is 1. The van der Waals surface area contributed by atoms with Crippen LogP contribution in [0.5, 0.6) is 11.5 Å². The summed E-state index contributed by atoms with van der Waals surface area (Å²) in [6.45, 7) is 2.19. The van der Waals surface area contributed by atoms with Crippen molar-refractivity contribution in [2.45, 2.75) is 17.6 Å². The minimum atomic E-state index is -4.08. The van der Waals surface area contributed by atoms with Crippen LogP contribution in [0, 0.1) is 0 Å². The van der Waals surface area contributed by atoms with Gasteiger partial charge in [-0.2, -0.15) is 13.4 Å². The first-order valence-corrected chi connectivity index (χ1v) is 12.6. The average Bonchev–Trinajstić information content (AvgIpc) is 3.32. The van der Waals surface area contributed by atoms with Crippen LogP contribution < -0.4 is 26.1 Å². The maximum Gasteiger partial charge on any atom is 0.348 e. The van der Waals surface area contributed by atoms with E-state index in [9.17, 15) is 8.42 Å².